The van der Waals surface area contributed by atoms with Crippen LogP contribution in [0, 0.1) is 0 Å². The van der Waals surface area contributed by atoms with Crippen molar-refractivity contribution in [2.24, 2.45) is 0 Å². The Labute approximate surface area is 184 Å². The van der Waals surface area contributed by atoms with Crippen LogP contribution < -0.4 is 14.2 Å². The Morgan fingerprint density at radius 1 is 1.10 bits per heavy atom. The molecule has 8 heteroatoms. The van der Waals surface area contributed by atoms with Crippen molar-refractivity contribution in [3.05, 3.63) is 58.0 Å². The SMILES string of the molecule is COc1cc(/C=C2\SC(=O)N(CCOc3ccc(Cl)cc3)C2=O)ccc1OC(C)C. The summed E-state index contributed by atoms with van der Waals surface area (Å²) >= 11 is 6.75. The van der Waals surface area contributed by atoms with Crippen LogP contribution in [0.2, 0.25) is 5.02 Å². The van der Waals surface area contributed by atoms with Crippen LogP contribution in [0.25, 0.3) is 6.08 Å². The lowest BCUT2D eigenvalue weighted by atomic mass is 10.2. The topological polar surface area (TPSA) is 65.1 Å². The van der Waals surface area contributed by atoms with E-state index in [2.05, 4.69) is 0 Å². The number of benzene rings is 2. The molecule has 0 atom stereocenters. The molecule has 1 saturated heterocycles. The summed E-state index contributed by atoms with van der Waals surface area (Å²) in [4.78, 5) is 26.5. The van der Waals surface area contributed by atoms with Gasteiger partial charge in [-0.25, -0.2) is 0 Å². The predicted octanol–water partition coefficient (Wildman–Crippen LogP) is 5.25. The average Bonchev–Trinajstić information content (AvgIpc) is 2.97. The summed E-state index contributed by atoms with van der Waals surface area (Å²) in [6, 6.07) is 12.3. The van der Waals surface area contributed by atoms with Crippen LogP contribution in [0.4, 0.5) is 4.79 Å². The summed E-state index contributed by atoms with van der Waals surface area (Å²) < 4.78 is 16.7. The molecule has 0 aliphatic carbocycles. The standard InChI is InChI=1S/C22H22ClNO5S/c1-14(2)29-18-9-4-15(12-19(18)27-3)13-20-21(25)24(22(26)30-20)10-11-28-17-7-5-16(23)6-8-17/h4-9,12-14H,10-11H2,1-3H3/b20-13-. The van der Waals surface area contributed by atoms with E-state index in [1.165, 1.54) is 4.90 Å². The fourth-order valence-corrected chi connectivity index (χ4v) is 3.75. The molecule has 2 aromatic rings. The highest BCUT2D eigenvalue weighted by Crippen LogP contribution is 2.34. The fourth-order valence-electron chi connectivity index (χ4n) is 2.76. The number of amides is 2. The third-order valence-corrected chi connectivity index (χ3v) is 5.28. The minimum absolute atomic E-state index is 0.0105. The number of halogens is 1. The van der Waals surface area contributed by atoms with Crippen molar-refractivity contribution >= 4 is 40.6 Å². The molecule has 0 saturated carbocycles. The lowest BCUT2D eigenvalue weighted by Crippen LogP contribution is -2.32. The van der Waals surface area contributed by atoms with Crippen LogP contribution in [0.5, 0.6) is 17.2 Å². The molecule has 2 amide bonds. The second kappa shape index (κ2) is 9.91. The zero-order valence-electron chi connectivity index (χ0n) is 16.9. The van der Waals surface area contributed by atoms with Gasteiger partial charge >= 0.3 is 0 Å². The van der Waals surface area contributed by atoms with Crippen molar-refractivity contribution in [3.63, 3.8) is 0 Å². The van der Waals surface area contributed by atoms with Gasteiger partial charge in [-0.3, -0.25) is 14.5 Å². The molecule has 1 aliphatic rings. The van der Waals surface area contributed by atoms with Crippen molar-refractivity contribution in [1.82, 2.24) is 4.90 Å². The Bertz CT molecular complexity index is 959. The molecule has 0 bridgehead atoms. The molecule has 0 radical (unpaired) electrons. The van der Waals surface area contributed by atoms with Crippen LogP contribution in [-0.4, -0.2) is 42.4 Å². The molecule has 0 N–H and O–H groups in total. The molecule has 0 spiro atoms. The summed E-state index contributed by atoms with van der Waals surface area (Å²) in [7, 11) is 1.56. The molecule has 30 heavy (non-hydrogen) atoms. The van der Waals surface area contributed by atoms with Crippen molar-refractivity contribution < 1.29 is 23.8 Å². The molecule has 2 aromatic carbocycles. The van der Waals surface area contributed by atoms with Crippen LogP contribution in [-0.2, 0) is 4.79 Å². The van der Waals surface area contributed by atoms with Crippen LogP contribution in [0.1, 0.15) is 19.4 Å². The van der Waals surface area contributed by atoms with Crippen LogP contribution >= 0.6 is 23.4 Å². The Kier molecular flexibility index (Phi) is 7.29. The average molecular weight is 448 g/mol. The zero-order valence-corrected chi connectivity index (χ0v) is 18.5. The van der Waals surface area contributed by atoms with E-state index in [-0.39, 0.29) is 30.4 Å². The van der Waals surface area contributed by atoms with E-state index in [9.17, 15) is 9.59 Å². The van der Waals surface area contributed by atoms with Crippen molar-refractivity contribution in [2.45, 2.75) is 20.0 Å². The minimum Gasteiger partial charge on any atom is -0.493 e. The quantitative estimate of drug-likeness (QED) is 0.515. The lowest BCUT2D eigenvalue weighted by molar-refractivity contribution is -0.123. The van der Waals surface area contributed by atoms with Gasteiger partial charge in [0.1, 0.15) is 12.4 Å². The normalized spacial score (nSPS) is 15.2. The first-order valence-electron chi connectivity index (χ1n) is 9.36. The Hall–Kier alpha value is -2.64. The number of hydrogen-bond donors (Lipinski definition) is 0. The predicted molar refractivity (Wildman–Crippen MR) is 118 cm³/mol. The smallest absolute Gasteiger partial charge is 0.293 e. The van der Waals surface area contributed by atoms with Crippen LogP contribution in [0.15, 0.2) is 47.4 Å². The highest BCUT2D eigenvalue weighted by atomic mass is 35.5. The largest absolute Gasteiger partial charge is 0.493 e. The summed E-state index contributed by atoms with van der Waals surface area (Å²) in [6.07, 6.45) is 1.68. The highest BCUT2D eigenvalue weighted by molar-refractivity contribution is 8.18. The van der Waals surface area contributed by atoms with Gasteiger partial charge in [0, 0.05) is 5.02 Å². The van der Waals surface area contributed by atoms with E-state index in [0.717, 1.165) is 17.3 Å². The van der Waals surface area contributed by atoms with Gasteiger partial charge in [-0.2, -0.15) is 0 Å². The molecule has 6 nitrogen and oxygen atoms in total. The third-order valence-electron chi connectivity index (χ3n) is 4.12. The number of carbonyl (C=O) groups excluding carboxylic acids is 2. The number of carbonyl (C=O) groups is 2. The molecule has 1 aliphatic heterocycles. The van der Waals surface area contributed by atoms with Crippen molar-refractivity contribution in [3.8, 4) is 17.2 Å². The van der Waals surface area contributed by atoms with Gasteiger partial charge in [0.2, 0.25) is 0 Å². The maximum atomic E-state index is 12.7. The minimum atomic E-state index is -0.342. The number of imide groups is 1. The van der Waals surface area contributed by atoms with E-state index >= 15 is 0 Å². The molecule has 158 valence electrons. The Morgan fingerprint density at radius 2 is 1.83 bits per heavy atom. The summed E-state index contributed by atoms with van der Waals surface area (Å²) in [6.45, 7) is 4.22. The monoisotopic (exact) mass is 447 g/mol. The number of ether oxygens (including phenoxy) is 3. The molecule has 0 unspecified atom stereocenters. The van der Waals surface area contributed by atoms with Gasteiger partial charge in [0.15, 0.2) is 11.5 Å². The maximum Gasteiger partial charge on any atom is 0.293 e. The summed E-state index contributed by atoms with van der Waals surface area (Å²) in [5.41, 5.74) is 0.742. The van der Waals surface area contributed by atoms with E-state index in [0.29, 0.717) is 27.2 Å². The number of thioether (sulfide) groups is 1. The molecular weight excluding hydrogens is 426 g/mol. The summed E-state index contributed by atoms with van der Waals surface area (Å²) in [5.74, 6) is 1.47. The number of methoxy groups -OCH3 is 1. The first-order valence-corrected chi connectivity index (χ1v) is 10.5. The van der Waals surface area contributed by atoms with Gasteiger partial charge in [-0.05, 0) is 73.6 Å². The van der Waals surface area contributed by atoms with Gasteiger partial charge in [-0.1, -0.05) is 17.7 Å². The first kappa shape index (κ1) is 22.1. The van der Waals surface area contributed by atoms with E-state index in [1.54, 1.807) is 49.6 Å². The van der Waals surface area contributed by atoms with E-state index in [1.807, 2.05) is 19.9 Å². The molecule has 0 aromatic heterocycles. The highest BCUT2D eigenvalue weighted by Gasteiger charge is 2.34. The fraction of sp³-hybridized carbons (Fsp3) is 0.273. The second-order valence-electron chi connectivity index (χ2n) is 6.71. The number of hydrogen-bond acceptors (Lipinski definition) is 6. The second-order valence-corrected chi connectivity index (χ2v) is 8.14. The van der Waals surface area contributed by atoms with Crippen molar-refractivity contribution in [1.29, 1.82) is 0 Å². The molecule has 1 heterocycles. The van der Waals surface area contributed by atoms with Gasteiger partial charge in [0.25, 0.3) is 11.1 Å². The van der Waals surface area contributed by atoms with E-state index < -0.39 is 0 Å². The first-order chi connectivity index (χ1) is 14.4. The maximum absolute atomic E-state index is 12.7. The molecular formula is C22H22ClNO5S. The zero-order chi connectivity index (χ0) is 21.7. The van der Waals surface area contributed by atoms with Gasteiger partial charge < -0.3 is 14.2 Å². The van der Waals surface area contributed by atoms with Crippen molar-refractivity contribution in [2.75, 3.05) is 20.3 Å². The lowest BCUT2D eigenvalue weighted by Gasteiger charge is -2.14. The van der Waals surface area contributed by atoms with Gasteiger partial charge in [0.05, 0.1) is 24.7 Å². The number of nitrogens with zero attached hydrogens (tertiary/aromatic N) is 1. The van der Waals surface area contributed by atoms with E-state index in [4.69, 9.17) is 25.8 Å². The summed E-state index contributed by atoms with van der Waals surface area (Å²) in [5, 5.41) is 0.288. The molecule has 3 rings (SSSR count). The van der Waals surface area contributed by atoms with Crippen LogP contribution in [0.3, 0.4) is 0 Å². The number of rotatable bonds is 8. The Morgan fingerprint density at radius 3 is 2.50 bits per heavy atom. The Balaban J connectivity index is 1.66. The molecule has 1 fully saturated rings. The third kappa shape index (κ3) is 5.49. The van der Waals surface area contributed by atoms with Gasteiger partial charge in [-0.15, -0.1) is 0 Å².